The van der Waals surface area contributed by atoms with Gasteiger partial charge in [-0.1, -0.05) is 93.8 Å². The molecule has 2 atom stereocenters. The van der Waals surface area contributed by atoms with Crippen molar-refractivity contribution in [3.05, 3.63) is 83.1 Å². The van der Waals surface area contributed by atoms with Crippen LogP contribution >= 0.6 is 0 Å². The Kier molecular flexibility index (Phi) is 6.55. The Balaban J connectivity index is 2.04. The standard InChI is InChI=1S/C26H33N/c1-5-6-9-14-19(2)26-20(3)24(22-15-10-7-11-16-22)25(21(4)27-26)23-17-12-8-13-18-23/h7-8,10-13,15-19,26-27H,5-6,9,14H2,1-4H3. The van der Waals surface area contributed by atoms with Crippen LogP contribution in [0, 0.1) is 5.92 Å². The molecule has 0 spiro atoms. The van der Waals surface area contributed by atoms with E-state index in [1.165, 1.54) is 59.2 Å². The first-order chi connectivity index (χ1) is 13.1. The van der Waals surface area contributed by atoms with Gasteiger partial charge >= 0.3 is 0 Å². The number of benzene rings is 2. The smallest absolute Gasteiger partial charge is 0.0502 e. The highest BCUT2D eigenvalue weighted by molar-refractivity contribution is 6.08. The average molecular weight is 360 g/mol. The molecule has 1 aliphatic rings. The van der Waals surface area contributed by atoms with Crippen LogP contribution < -0.4 is 5.32 Å². The summed E-state index contributed by atoms with van der Waals surface area (Å²) in [5.74, 6) is 0.627. The maximum atomic E-state index is 3.86. The van der Waals surface area contributed by atoms with E-state index in [2.05, 4.69) is 93.7 Å². The van der Waals surface area contributed by atoms with E-state index in [0.717, 1.165) is 0 Å². The van der Waals surface area contributed by atoms with Gasteiger partial charge in [-0.3, -0.25) is 0 Å². The monoisotopic (exact) mass is 359 g/mol. The molecule has 2 unspecified atom stereocenters. The largest absolute Gasteiger partial charge is 0.381 e. The molecule has 0 radical (unpaired) electrons. The third-order valence-electron chi connectivity index (χ3n) is 5.81. The third-order valence-corrected chi connectivity index (χ3v) is 5.81. The summed E-state index contributed by atoms with van der Waals surface area (Å²) in [6.07, 6.45) is 5.21. The molecule has 142 valence electrons. The normalized spacial score (nSPS) is 18.4. The van der Waals surface area contributed by atoms with Crippen LogP contribution in [0.5, 0.6) is 0 Å². The second-order valence-corrected chi connectivity index (χ2v) is 7.89. The van der Waals surface area contributed by atoms with E-state index in [9.17, 15) is 0 Å². The molecule has 0 aromatic heterocycles. The van der Waals surface area contributed by atoms with Gasteiger partial charge in [-0.25, -0.2) is 0 Å². The molecule has 0 amide bonds. The zero-order valence-electron chi connectivity index (χ0n) is 17.3. The lowest BCUT2D eigenvalue weighted by molar-refractivity contribution is 0.402. The number of hydrogen-bond acceptors (Lipinski definition) is 1. The molecule has 1 nitrogen and oxygen atoms in total. The van der Waals surface area contributed by atoms with E-state index in [-0.39, 0.29) is 0 Å². The molecule has 27 heavy (non-hydrogen) atoms. The topological polar surface area (TPSA) is 12.0 Å². The number of unbranched alkanes of at least 4 members (excludes halogenated alkanes) is 2. The number of allylic oxidation sites excluding steroid dienone is 3. The molecular weight excluding hydrogens is 326 g/mol. The first kappa shape index (κ1) is 19.5. The SMILES string of the molecule is CCCCCC(C)C1NC(C)=C(c2ccccc2)C(c2ccccc2)=C1C. The highest BCUT2D eigenvalue weighted by Gasteiger charge is 2.29. The van der Waals surface area contributed by atoms with Crippen molar-refractivity contribution >= 4 is 11.1 Å². The van der Waals surface area contributed by atoms with Crippen molar-refractivity contribution in [2.75, 3.05) is 0 Å². The van der Waals surface area contributed by atoms with Crippen molar-refractivity contribution in [1.29, 1.82) is 0 Å². The van der Waals surface area contributed by atoms with E-state index < -0.39 is 0 Å². The first-order valence-electron chi connectivity index (χ1n) is 10.4. The average Bonchev–Trinajstić information content (AvgIpc) is 2.70. The summed E-state index contributed by atoms with van der Waals surface area (Å²) in [4.78, 5) is 0. The molecule has 0 saturated heterocycles. The quantitative estimate of drug-likeness (QED) is 0.521. The lowest BCUT2D eigenvalue weighted by atomic mass is 9.79. The second kappa shape index (κ2) is 9.08. The fourth-order valence-corrected chi connectivity index (χ4v) is 4.35. The third kappa shape index (κ3) is 4.35. The number of hydrogen-bond donors (Lipinski definition) is 1. The van der Waals surface area contributed by atoms with Crippen LogP contribution in [0.25, 0.3) is 11.1 Å². The van der Waals surface area contributed by atoms with E-state index in [4.69, 9.17) is 0 Å². The second-order valence-electron chi connectivity index (χ2n) is 7.89. The molecule has 1 heteroatoms. The van der Waals surface area contributed by atoms with Crippen LogP contribution in [0.2, 0.25) is 0 Å². The van der Waals surface area contributed by atoms with Gasteiger partial charge in [-0.05, 0) is 48.5 Å². The molecule has 1 heterocycles. The highest BCUT2D eigenvalue weighted by atomic mass is 14.9. The van der Waals surface area contributed by atoms with Crippen molar-refractivity contribution in [3.8, 4) is 0 Å². The Morgan fingerprint density at radius 1 is 0.815 bits per heavy atom. The lowest BCUT2D eigenvalue weighted by Crippen LogP contribution is -2.38. The predicted octanol–water partition coefficient (Wildman–Crippen LogP) is 7.08. The van der Waals surface area contributed by atoms with Crippen LogP contribution in [-0.4, -0.2) is 6.04 Å². The maximum absolute atomic E-state index is 3.86. The van der Waals surface area contributed by atoms with Crippen LogP contribution in [0.15, 0.2) is 71.9 Å². The van der Waals surface area contributed by atoms with Crippen molar-refractivity contribution < 1.29 is 0 Å². The fourth-order valence-electron chi connectivity index (χ4n) is 4.35. The Bertz CT molecular complexity index is 799. The lowest BCUT2D eigenvalue weighted by Gasteiger charge is -2.36. The summed E-state index contributed by atoms with van der Waals surface area (Å²) in [6.45, 7) is 9.25. The molecule has 3 rings (SSSR count). The van der Waals surface area contributed by atoms with E-state index >= 15 is 0 Å². The Hall–Kier alpha value is -2.28. The minimum absolute atomic E-state index is 0.407. The van der Waals surface area contributed by atoms with Gasteiger partial charge in [0.1, 0.15) is 0 Å². The Morgan fingerprint density at radius 2 is 1.37 bits per heavy atom. The van der Waals surface area contributed by atoms with E-state index in [1.54, 1.807) is 0 Å². The Morgan fingerprint density at radius 3 is 1.93 bits per heavy atom. The van der Waals surface area contributed by atoms with Gasteiger partial charge in [-0.15, -0.1) is 0 Å². The van der Waals surface area contributed by atoms with Crippen LogP contribution in [-0.2, 0) is 0 Å². The van der Waals surface area contributed by atoms with Gasteiger partial charge in [-0.2, -0.15) is 0 Å². The zero-order valence-corrected chi connectivity index (χ0v) is 17.3. The summed E-state index contributed by atoms with van der Waals surface area (Å²) in [6, 6.07) is 22.1. The van der Waals surface area contributed by atoms with Crippen molar-refractivity contribution in [3.63, 3.8) is 0 Å². The van der Waals surface area contributed by atoms with Crippen LogP contribution in [0.1, 0.15) is 64.5 Å². The highest BCUT2D eigenvalue weighted by Crippen LogP contribution is 2.41. The van der Waals surface area contributed by atoms with Crippen molar-refractivity contribution in [1.82, 2.24) is 5.32 Å². The minimum Gasteiger partial charge on any atom is -0.381 e. The minimum atomic E-state index is 0.407. The van der Waals surface area contributed by atoms with E-state index in [1.807, 2.05) is 0 Å². The molecule has 2 aromatic rings. The molecule has 0 saturated carbocycles. The van der Waals surface area contributed by atoms with E-state index in [0.29, 0.717) is 12.0 Å². The summed E-state index contributed by atoms with van der Waals surface area (Å²) in [7, 11) is 0. The van der Waals surface area contributed by atoms with Gasteiger partial charge < -0.3 is 5.32 Å². The molecule has 0 aliphatic carbocycles. The predicted molar refractivity (Wildman–Crippen MR) is 118 cm³/mol. The molecule has 0 fully saturated rings. The number of rotatable bonds is 7. The fraction of sp³-hybridized carbons (Fsp3) is 0.385. The Labute approximate surface area is 165 Å². The maximum Gasteiger partial charge on any atom is 0.0502 e. The molecular formula is C26H33N. The molecule has 0 bridgehead atoms. The molecule has 1 aliphatic heterocycles. The van der Waals surface area contributed by atoms with Gasteiger partial charge in [0.15, 0.2) is 0 Å². The van der Waals surface area contributed by atoms with Gasteiger partial charge in [0.05, 0.1) is 6.04 Å². The van der Waals surface area contributed by atoms with Crippen molar-refractivity contribution in [2.24, 2.45) is 5.92 Å². The van der Waals surface area contributed by atoms with Gasteiger partial charge in [0.25, 0.3) is 0 Å². The summed E-state index contributed by atoms with van der Waals surface area (Å²) in [5, 5.41) is 3.86. The van der Waals surface area contributed by atoms with Crippen molar-refractivity contribution in [2.45, 2.75) is 59.4 Å². The molecule has 2 aromatic carbocycles. The molecule has 1 N–H and O–H groups in total. The summed E-state index contributed by atoms with van der Waals surface area (Å²) < 4.78 is 0. The van der Waals surface area contributed by atoms with Gasteiger partial charge in [0.2, 0.25) is 0 Å². The van der Waals surface area contributed by atoms with Crippen LogP contribution in [0.4, 0.5) is 0 Å². The van der Waals surface area contributed by atoms with Gasteiger partial charge in [0, 0.05) is 11.3 Å². The van der Waals surface area contributed by atoms with Crippen LogP contribution in [0.3, 0.4) is 0 Å². The zero-order chi connectivity index (χ0) is 19.2. The summed E-state index contributed by atoms with van der Waals surface area (Å²) in [5.41, 5.74) is 8.12. The summed E-state index contributed by atoms with van der Waals surface area (Å²) >= 11 is 0. The first-order valence-corrected chi connectivity index (χ1v) is 10.4. The number of dihydropyridines is 1. The number of nitrogens with one attached hydrogen (secondary N) is 1.